The van der Waals surface area contributed by atoms with Gasteiger partial charge in [0.2, 0.25) is 5.71 Å². The molecule has 2 heterocycles. The summed E-state index contributed by atoms with van der Waals surface area (Å²) in [4.78, 5) is 7.50. The molecule has 0 atom stereocenters. The first-order chi connectivity index (χ1) is 25.8. The fraction of sp³-hybridized carbons (Fsp3) is 0. The van der Waals surface area contributed by atoms with Crippen LogP contribution in [-0.4, -0.2) is 4.98 Å². The Morgan fingerprint density at radius 2 is 1.00 bits per heavy atom. The Labute approximate surface area is 301 Å². The number of aromatic nitrogens is 1. The van der Waals surface area contributed by atoms with Crippen molar-refractivity contribution in [3.8, 4) is 33.4 Å². The van der Waals surface area contributed by atoms with Gasteiger partial charge in [0.25, 0.3) is 0 Å². The summed E-state index contributed by atoms with van der Waals surface area (Å²) < 4.78 is 6.29. The van der Waals surface area contributed by atoms with Crippen LogP contribution in [0, 0.1) is 0 Å². The zero-order valence-electron chi connectivity index (χ0n) is 28.3. The number of para-hydroxylation sites is 2. The molecule has 0 spiro atoms. The van der Waals surface area contributed by atoms with Crippen molar-refractivity contribution in [3.63, 3.8) is 0 Å². The molecule has 0 saturated carbocycles. The maximum Gasteiger partial charge on any atom is 0.227 e. The molecule has 0 amide bonds. The van der Waals surface area contributed by atoms with E-state index in [2.05, 4.69) is 181 Å². The van der Waals surface area contributed by atoms with Crippen LogP contribution >= 0.6 is 0 Å². The molecule has 0 N–H and O–H groups in total. The monoisotopic (exact) mass is 664 g/mol. The third-order valence-electron chi connectivity index (χ3n) is 10.1. The van der Waals surface area contributed by atoms with Crippen LogP contribution in [0.3, 0.4) is 0 Å². The van der Waals surface area contributed by atoms with E-state index in [4.69, 9.17) is 9.40 Å². The van der Waals surface area contributed by atoms with Gasteiger partial charge in [-0.2, -0.15) is 0 Å². The predicted molar refractivity (Wildman–Crippen MR) is 218 cm³/mol. The maximum atomic E-state index is 6.29. The average Bonchev–Trinajstić information content (AvgIpc) is 3.58. The highest BCUT2D eigenvalue weighted by molar-refractivity contribution is 6.10. The molecule has 0 aliphatic carbocycles. The Kier molecular flexibility index (Phi) is 7.14. The van der Waals surface area contributed by atoms with Crippen LogP contribution in [-0.2, 0) is 0 Å². The SMILES string of the molecule is c1ccc(-c2ccc(N(c3ccc(-c4c(-c5ccccc5)ccc5ccccc45)cc3)c3cccc4cc5c(nc34)oc3ccccc35)cc2)cc1. The van der Waals surface area contributed by atoms with Crippen molar-refractivity contribution in [3.05, 3.63) is 194 Å². The lowest BCUT2D eigenvalue weighted by Crippen LogP contribution is -2.11. The summed E-state index contributed by atoms with van der Waals surface area (Å²) in [5.41, 5.74) is 12.6. The fourth-order valence-corrected chi connectivity index (χ4v) is 7.58. The second-order valence-electron chi connectivity index (χ2n) is 13.2. The molecule has 0 fully saturated rings. The summed E-state index contributed by atoms with van der Waals surface area (Å²) >= 11 is 0. The molecular formula is C49H32N2O. The maximum absolute atomic E-state index is 6.29. The largest absolute Gasteiger partial charge is 0.438 e. The Balaban J connectivity index is 1.15. The number of rotatable bonds is 6. The Bertz CT molecular complexity index is 2880. The molecular weight excluding hydrogens is 633 g/mol. The molecule has 0 bridgehead atoms. The van der Waals surface area contributed by atoms with E-state index in [0.29, 0.717) is 5.71 Å². The number of benzene rings is 8. The molecule has 0 aliphatic rings. The number of anilines is 3. The normalized spacial score (nSPS) is 11.5. The molecule has 10 aromatic rings. The van der Waals surface area contributed by atoms with Gasteiger partial charge in [-0.3, -0.25) is 0 Å². The van der Waals surface area contributed by atoms with E-state index in [1.165, 1.54) is 44.2 Å². The van der Waals surface area contributed by atoms with Gasteiger partial charge in [-0.1, -0.05) is 152 Å². The first-order valence-electron chi connectivity index (χ1n) is 17.6. The van der Waals surface area contributed by atoms with Gasteiger partial charge >= 0.3 is 0 Å². The number of furan rings is 1. The Morgan fingerprint density at radius 3 is 1.75 bits per heavy atom. The van der Waals surface area contributed by atoms with Gasteiger partial charge < -0.3 is 9.32 Å². The van der Waals surface area contributed by atoms with Crippen LogP contribution in [0.2, 0.25) is 0 Å². The van der Waals surface area contributed by atoms with Gasteiger partial charge in [-0.25, -0.2) is 4.98 Å². The summed E-state index contributed by atoms with van der Waals surface area (Å²) in [6.07, 6.45) is 0. The van der Waals surface area contributed by atoms with Crippen molar-refractivity contribution in [2.75, 3.05) is 4.90 Å². The van der Waals surface area contributed by atoms with E-state index < -0.39 is 0 Å². The first-order valence-corrected chi connectivity index (χ1v) is 17.6. The van der Waals surface area contributed by atoms with Crippen LogP contribution in [0.4, 0.5) is 17.1 Å². The first kappa shape index (κ1) is 29.9. The minimum Gasteiger partial charge on any atom is -0.438 e. The van der Waals surface area contributed by atoms with E-state index in [0.717, 1.165) is 44.3 Å². The van der Waals surface area contributed by atoms with Crippen molar-refractivity contribution in [2.45, 2.75) is 0 Å². The molecule has 52 heavy (non-hydrogen) atoms. The van der Waals surface area contributed by atoms with Gasteiger partial charge in [0.1, 0.15) is 5.58 Å². The number of fused-ring (bicyclic) bond motifs is 5. The number of hydrogen-bond acceptors (Lipinski definition) is 3. The van der Waals surface area contributed by atoms with E-state index in [1.807, 2.05) is 18.2 Å². The van der Waals surface area contributed by atoms with Crippen molar-refractivity contribution in [1.82, 2.24) is 4.98 Å². The van der Waals surface area contributed by atoms with Crippen LogP contribution in [0.25, 0.3) is 77.1 Å². The smallest absolute Gasteiger partial charge is 0.227 e. The predicted octanol–water partition coefficient (Wildman–Crippen LogP) is 13.8. The molecule has 2 aromatic heterocycles. The third-order valence-corrected chi connectivity index (χ3v) is 10.1. The summed E-state index contributed by atoms with van der Waals surface area (Å²) in [6.45, 7) is 0. The standard InChI is InChI=1S/C49H32N2O/c1-3-12-33(13-4-1)34-22-27-39(28-23-34)51(45-20-11-17-38-32-44-43-19-9-10-21-46(43)52-49(44)50-48(38)45)40-29-24-37(25-30-40)47-41-18-8-7-16-36(41)26-31-42(47)35-14-5-2-6-15-35/h1-32H. The molecule has 244 valence electrons. The van der Waals surface area contributed by atoms with Gasteiger partial charge in [0.05, 0.1) is 11.2 Å². The highest BCUT2D eigenvalue weighted by Crippen LogP contribution is 2.43. The molecule has 0 radical (unpaired) electrons. The summed E-state index contributed by atoms with van der Waals surface area (Å²) in [5.74, 6) is 0. The summed E-state index contributed by atoms with van der Waals surface area (Å²) in [5, 5.41) is 5.61. The Hall–Kier alpha value is -6.97. The van der Waals surface area contributed by atoms with Crippen molar-refractivity contribution in [2.24, 2.45) is 0 Å². The van der Waals surface area contributed by atoms with Gasteiger partial charge in [-0.15, -0.1) is 0 Å². The lowest BCUT2D eigenvalue weighted by atomic mass is 9.89. The van der Waals surface area contributed by atoms with E-state index >= 15 is 0 Å². The number of pyridine rings is 1. The van der Waals surface area contributed by atoms with Crippen molar-refractivity contribution >= 4 is 60.8 Å². The van der Waals surface area contributed by atoms with Crippen LogP contribution in [0.5, 0.6) is 0 Å². The van der Waals surface area contributed by atoms with E-state index in [9.17, 15) is 0 Å². The lowest BCUT2D eigenvalue weighted by Gasteiger charge is -2.27. The topological polar surface area (TPSA) is 29.3 Å². The van der Waals surface area contributed by atoms with Crippen molar-refractivity contribution in [1.29, 1.82) is 0 Å². The number of nitrogens with zero attached hydrogens (tertiary/aromatic N) is 2. The van der Waals surface area contributed by atoms with Crippen LogP contribution in [0.1, 0.15) is 0 Å². The fourth-order valence-electron chi connectivity index (χ4n) is 7.58. The zero-order valence-corrected chi connectivity index (χ0v) is 28.3. The molecule has 10 rings (SSSR count). The quantitative estimate of drug-likeness (QED) is 0.177. The lowest BCUT2D eigenvalue weighted by molar-refractivity contribution is 0.656. The molecule has 0 saturated heterocycles. The van der Waals surface area contributed by atoms with Crippen molar-refractivity contribution < 1.29 is 4.42 Å². The molecule has 0 aliphatic heterocycles. The molecule has 0 unspecified atom stereocenters. The van der Waals surface area contributed by atoms with E-state index in [1.54, 1.807) is 0 Å². The minimum atomic E-state index is 0.639. The van der Waals surface area contributed by atoms with Crippen LogP contribution in [0.15, 0.2) is 199 Å². The van der Waals surface area contributed by atoms with Gasteiger partial charge in [0, 0.05) is 27.5 Å². The third kappa shape index (κ3) is 5.10. The minimum absolute atomic E-state index is 0.639. The average molecular weight is 665 g/mol. The second-order valence-corrected chi connectivity index (χ2v) is 13.2. The molecule has 8 aromatic carbocycles. The van der Waals surface area contributed by atoms with Gasteiger partial charge in [-0.05, 0) is 86.6 Å². The zero-order chi connectivity index (χ0) is 34.4. The van der Waals surface area contributed by atoms with Gasteiger partial charge in [0.15, 0.2) is 0 Å². The summed E-state index contributed by atoms with van der Waals surface area (Å²) in [6, 6.07) is 68.8. The molecule has 3 heteroatoms. The summed E-state index contributed by atoms with van der Waals surface area (Å²) in [7, 11) is 0. The highest BCUT2D eigenvalue weighted by atomic mass is 16.3. The number of hydrogen-bond donors (Lipinski definition) is 0. The second kappa shape index (κ2) is 12.4. The highest BCUT2D eigenvalue weighted by Gasteiger charge is 2.20. The Morgan fingerprint density at radius 1 is 0.404 bits per heavy atom. The van der Waals surface area contributed by atoms with E-state index in [-0.39, 0.29) is 0 Å². The van der Waals surface area contributed by atoms with Crippen LogP contribution < -0.4 is 4.90 Å². The molecule has 3 nitrogen and oxygen atoms in total.